The molecule has 0 unspecified atom stereocenters. The van der Waals surface area contributed by atoms with E-state index in [4.69, 9.17) is 4.74 Å². The van der Waals surface area contributed by atoms with Crippen molar-refractivity contribution < 1.29 is 9.53 Å². The van der Waals surface area contributed by atoms with Crippen LogP contribution in [0.1, 0.15) is 13.3 Å². The normalized spacial score (nSPS) is 28.3. The molecule has 1 aliphatic carbocycles. The second-order valence-corrected chi connectivity index (χ2v) is 3.07. The van der Waals surface area contributed by atoms with Crippen LogP contribution in [-0.4, -0.2) is 37.6 Å². The monoisotopic (exact) mass is 157 g/mol. The summed E-state index contributed by atoms with van der Waals surface area (Å²) in [6.07, 6.45) is 1.11. The van der Waals surface area contributed by atoms with Gasteiger partial charge in [0.15, 0.2) is 0 Å². The molecule has 0 N–H and O–H groups in total. The summed E-state index contributed by atoms with van der Waals surface area (Å²) in [5, 5.41) is 0. The molecule has 3 nitrogen and oxygen atoms in total. The molecule has 1 saturated carbocycles. The van der Waals surface area contributed by atoms with Crippen LogP contribution in [0.3, 0.4) is 0 Å². The molecule has 0 aromatic heterocycles. The minimum Gasteiger partial charge on any atom is -0.378 e. The van der Waals surface area contributed by atoms with E-state index in [-0.39, 0.29) is 17.9 Å². The lowest BCUT2D eigenvalue weighted by molar-refractivity contribution is -0.131. The van der Waals surface area contributed by atoms with Gasteiger partial charge in [-0.05, 0) is 13.3 Å². The lowest BCUT2D eigenvalue weighted by Gasteiger charge is -2.08. The fourth-order valence-corrected chi connectivity index (χ4v) is 1.16. The van der Waals surface area contributed by atoms with Gasteiger partial charge in [-0.15, -0.1) is 0 Å². The summed E-state index contributed by atoms with van der Waals surface area (Å²) in [6, 6.07) is 0. The second-order valence-electron chi connectivity index (χ2n) is 3.07. The number of ether oxygens (including phenoxy) is 1. The number of nitrogens with zero attached hydrogens (tertiary/aromatic N) is 1. The summed E-state index contributed by atoms with van der Waals surface area (Å²) in [6.45, 7) is 2.66. The second kappa shape index (κ2) is 3.22. The topological polar surface area (TPSA) is 29.5 Å². The minimum absolute atomic E-state index is 0.143. The van der Waals surface area contributed by atoms with Crippen LogP contribution in [0.2, 0.25) is 0 Å². The summed E-state index contributed by atoms with van der Waals surface area (Å²) in [5.74, 6) is 0.341. The fraction of sp³-hybridized carbons (Fsp3) is 0.875. The largest absolute Gasteiger partial charge is 0.378 e. The average molecular weight is 157 g/mol. The van der Waals surface area contributed by atoms with Gasteiger partial charge < -0.3 is 9.64 Å². The Balaban J connectivity index is 2.26. The van der Waals surface area contributed by atoms with Gasteiger partial charge in [-0.3, -0.25) is 4.79 Å². The van der Waals surface area contributed by atoms with Crippen LogP contribution >= 0.6 is 0 Å². The maximum absolute atomic E-state index is 11.2. The van der Waals surface area contributed by atoms with Crippen LogP contribution in [0, 0.1) is 5.92 Å². The van der Waals surface area contributed by atoms with E-state index in [0.717, 1.165) is 6.42 Å². The lowest BCUT2D eigenvalue weighted by Crippen LogP contribution is -2.24. The zero-order chi connectivity index (χ0) is 8.43. The van der Waals surface area contributed by atoms with E-state index in [0.29, 0.717) is 6.61 Å². The average Bonchev–Trinajstić information content (AvgIpc) is 2.67. The van der Waals surface area contributed by atoms with Gasteiger partial charge in [-0.2, -0.15) is 0 Å². The minimum atomic E-state index is 0.143. The molecule has 3 heteroatoms. The maximum atomic E-state index is 11.2. The Hall–Kier alpha value is -0.570. The number of carbonyl (C=O) groups is 1. The first-order valence-electron chi connectivity index (χ1n) is 3.99. The Labute approximate surface area is 67.3 Å². The van der Waals surface area contributed by atoms with E-state index in [9.17, 15) is 4.79 Å². The van der Waals surface area contributed by atoms with E-state index in [2.05, 4.69) is 0 Å². The molecule has 1 amide bonds. The standard InChI is InChI=1S/C8H15NO2/c1-4-11-7-5-6(7)8(10)9(2)3/h6-7H,4-5H2,1-3H3/t6-,7+/m0/s1. The molecule has 0 aliphatic heterocycles. The maximum Gasteiger partial charge on any atom is 0.227 e. The summed E-state index contributed by atoms with van der Waals surface area (Å²) in [4.78, 5) is 12.9. The molecule has 0 spiro atoms. The Morgan fingerprint density at radius 2 is 2.27 bits per heavy atom. The van der Waals surface area contributed by atoms with Crippen LogP contribution in [0.4, 0.5) is 0 Å². The van der Waals surface area contributed by atoms with Crippen LogP contribution in [0.15, 0.2) is 0 Å². The van der Waals surface area contributed by atoms with E-state index < -0.39 is 0 Å². The predicted octanol–water partition coefficient (Wildman–Crippen LogP) is 0.500. The predicted molar refractivity (Wildman–Crippen MR) is 42.2 cm³/mol. The molecule has 1 rings (SSSR count). The molecule has 0 radical (unpaired) electrons. The fourth-order valence-electron chi connectivity index (χ4n) is 1.16. The highest BCUT2D eigenvalue weighted by molar-refractivity contribution is 5.81. The van der Waals surface area contributed by atoms with Gasteiger partial charge in [-0.25, -0.2) is 0 Å². The molecule has 64 valence electrons. The molecule has 0 aromatic rings. The van der Waals surface area contributed by atoms with Crippen molar-refractivity contribution in [3.8, 4) is 0 Å². The molecule has 2 atom stereocenters. The first-order chi connectivity index (χ1) is 5.16. The van der Waals surface area contributed by atoms with E-state index in [1.807, 2.05) is 6.92 Å². The Morgan fingerprint density at radius 3 is 2.73 bits per heavy atom. The van der Waals surface area contributed by atoms with Crippen LogP contribution in [-0.2, 0) is 9.53 Å². The highest BCUT2D eigenvalue weighted by Crippen LogP contribution is 2.34. The summed E-state index contributed by atoms with van der Waals surface area (Å²) < 4.78 is 5.29. The SMILES string of the molecule is CCO[C@@H]1C[C@@H]1C(=O)N(C)C. The van der Waals surface area contributed by atoms with Gasteiger partial charge in [0.25, 0.3) is 0 Å². The third-order valence-corrected chi connectivity index (χ3v) is 1.87. The molecule has 0 aromatic carbocycles. The highest BCUT2D eigenvalue weighted by atomic mass is 16.5. The Kier molecular flexibility index (Phi) is 2.49. The van der Waals surface area contributed by atoms with E-state index in [1.54, 1.807) is 19.0 Å². The molecule has 0 heterocycles. The van der Waals surface area contributed by atoms with Crippen molar-refractivity contribution in [3.63, 3.8) is 0 Å². The molecule has 0 bridgehead atoms. The van der Waals surface area contributed by atoms with Gasteiger partial charge in [-0.1, -0.05) is 0 Å². The van der Waals surface area contributed by atoms with Gasteiger partial charge in [0.2, 0.25) is 5.91 Å². The number of carbonyl (C=O) groups excluding carboxylic acids is 1. The number of hydrogen-bond donors (Lipinski definition) is 0. The van der Waals surface area contributed by atoms with Crippen molar-refractivity contribution in [1.29, 1.82) is 0 Å². The van der Waals surface area contributed by atoms with Crippen molar-refractivity contribution in [3.05, 3.63) is 0 Å². The number of rotatable bonds is 3. The van der Waals surface area contributed by atoms with Gasteiger partial charge in [0.1, 0.15) is 0 Å². The van der Waals surface area contributed by atoms with Crippen molar-refractivity contribution in [2.24, 2.45) is 5.92 Å². The van der Waals surface area contributed by atoms with Crippen LogP contribution in [0.5, 0.6) is 0 Å². The number of hydrogen-bond acceptors (Lipinski definition) is 2. The first kappa shape index (κ1) is 8.53. The van der Waals surface area contributed by atoms with Crippen molar-refractivity contribution in [2.75, 3.05) is 20.7 Å². The van der Waals surface area contributed by atoms with Crippen molar-refractivity contribution in [1.82, 2.24) is 4.90 Å². The quantitative estimate of drug-likeness (QED) is 0.597. The molecule has 11 heavy (non-hydrogen) atoms. The third-order valence-electron chi connectivity index (χ3n) is 1.87. The molecular formula is C8H15NO2. The zero-order valence-electron chi connectivity index (χ0n) is 7.33. The van der Waals surface area contributed by atoms with Crippen LogP contribution in [0.25, 0.3) is 0 Å². The molecule has 1 fully saturated rings. The molecule has 1 aliphatic rings. The first-order valence-corrected chi connectivity index (χ1v) is 3.99. The van der Waals surface area contributed by atoms with Gasteiger partial charge >= 0.3 is 0 Å². The van der Waals surface area contributed by atoms with E-state index in [1.165, 1.54) is 0 Å². The summed E-state index contributed by atoms with van der Waals surface area (Å²) in [7, 11) is 3.56. The van der Waals surface area contributed by atoms with Crippen LogP contribution < -0.4 is 0 Å². The Morgan fingerprint density at radius 1 is 1.64 bits per heavy atom. The van der Waals surface area contributed by atoms with Crippen molar-refractivity contribution >= 4 is 5.91 Å². The van der Waals surface area contributed by atoms with E-state index >= 15 is 0 Å². The zero-order valence-corrected chi connectivity index (χ0v) is 7.33. The Bertz CT molecular complexity index is 156. The molecular weight excluding hydrogens is 142 g/mol. The summed E-state index contributed by atoms with van der Waals surface area (Å²) >= 11 is 0. The smallest absolute Gasteiger partial charge is 0.227 e. The molecule has 0 saturated heterocycles. The summed E-state index contributed by atoms with van der Waals surface area (Å²) in [5.41, 5.74) is 0. The van der Waals surface area contributed by atoms with Crippen molar-refractivity contribution in [2.45, 2.75) is 19.4 Å². The van der Waals surface area contributed by atoms with Gasteiger partial charge in [0.05, 0.1) is 12.0 Å². The highest BCUT2D eigenvalue weighted by Gasteiger charge is 2.44. The third kappa shape index (κ3) is 1.93. The number of amides is 1. The lowest BCUT2D eigenvalue weighted by atomic mass is 10.4. The van der Waals surface area contributed by atoms with Gasteiger partial charge in [0, 0.05) is 20.7 Å².